The van der Waals surface area contributed by atoms with Gasteiger partial charge in [0.25, 0.3) is 10.0 Å². The summed E-state index contributed by atoms with van der Waals surface area (Å²) in [6.45, 7) is 1.45. The summed E-state index contributed by atoms with van der Waals surface area (Å²) >= 11 is 5.97. The molecule has 0 spiro atoms. The van der Waals surface area contributed by atoms with E-state index < -0.39 is 10.0 Å². The number of hydrogen-bond acceptors (Lipinski definition) is 4. The molecule has 29 heavy (non-hydrogen) atoms. The summed E-state index contributed by atoms with van der Waals surface area (Å²) in [5, 5.41) is 4.34. The molecule has 2 unspecified atom stereocenters. The first-order chi connectivity index (χ1) is 13.9. The zero-order chi connectivity index (χ0) is 20.4. The summed E-state index contributed by atoms with van der Waals surface area (Å²) in [7, 11) is -1.87. The predicted molar refractivity (Wildman–Crippen MR) is 113 cm³/mol. The fourth-order valence-electron chi connectivity index (χ4n) is 3.71. The molecule has 1 N–H and O–H groups in total. The Balaban J connectivity index is 1.57. The number of nitrogens with one attached hydrogen (secondary N) is 1. The molecule has 3 aromatic rings. The normalized spacial score (nSPS) is 20.2. The van der Waals surface area contributed by atoms with Gasteiger partial charge in [0.2, 0.25) is 0 Å². The summed E-state index contributed by atoms with van der Waals surface area (Å²) in [5.41, 5.74) is 2.23. The molecule has 6 nitrogen and oxygen atoms in total. The van der Waals surface area contributed by atoms with E-state index in [-0.39, 0.29) is 17.0 Å². The van der Waals surface area contributed by atoms with Crippen molar-refractivity contribution in [3.63, 3.8) is 0 Å². The third-order valence-corrected chi connectivity index (χ3v) is 7.25. The second kappa shape index (κ2) is 8.28. The first kappa shape index (κ1) is 20.1. The highest BCUT2D eigenvalue weighted by Gasteiger charge is 2.40. The lowest BCUT2D eigenvalue weighted by atomic mass is 9.94. The van der Waals surface area contributed by atoms with Crippen molar-refractivity contribution in [1.29, 1.82) is 0 Å². The molecule has 1 aliphatic rings. The van der Waals surface area contributed by atoms with Gasteiger partial charge in [0.05, 0.1) is 6.33 Å². The van der Waals surface area contributed by atoms with Crippen LogP contribution in [0.1, 0.15) is 17.0 Å². The number of aromatic nitrogens is 2. The van der Waals surface area contributed by atoms with Crippen LogP contribution >= 0.6 is 11.6 Å². The Morgan fingerprint density at radius 3 is 2.48 bits per heavy atom. The molecule has 8 heteroatoms. The number of hydrogen-bond donors (Lipinski definition) is 1. The molecular formula is C21H23ClN4O2S. The highest BCUT2D eigenvalue weighted by atomic mass is 35.5. The second-order valence-electron chi connectivity index (χ2n) is 7.33. The minimum atomic E-state index is -3.64. The van der Waals surface area contributed by atoms with Gasteiger partial charge >= 0.3 is 0 Å². The van der Waals surface area contributed by atoms with E-state index in [1.165, 1.54) is 10.6 Å². The van der Waals surface area contributed by atoms with Crippen molar-refractivity contribution < 1.29 is 8.42 Å². The molecule has 0 saturated carbocycles. The number of aryl methyl sites for hydroxylation is 1. The van der Waals surface area contributed by atoms with Crippen molar-refractivity contribution in [3.8, 4) is 0 Å². The molecule has 2 atom stereocenters. The number of rotatable bonds is 6. The summed E-state index contributed by atoms with van der Waals surface area (Å²) in [6.07, 6.45) is 3.05. The van der Waals surface area contributed by atoms with Crippen LogP contribution in [0.25, 0.3) is 0 Å². The van der Waals surface area contributed by atoms with Gasteiger partial charge in [-0.25, -0.2) is 13.4 Å². The van der Waals surface area contributed by atoms with Gasteiger partial charge in [-0.15, -0.1) is 0 Å². The van der Waals surface area contributed by atoms with E-state index in [9.17, 15) is 8.42 Å². The Morgan fingerprint density at radius 2 is 1.83 bits per heavy atom. The van der Waals surface area contributed by atoms with Crippen LogP contribution < -0.4 is 5.32 Å². The molecule has 2 aromatic carbocycles. The number of halogens is 1. The smallest absolute Gasteiger partial charge is 0.262 e. The molecule has 0 radical (unpaired) electrons. The molecule has 0 bridgehead atoms. The van der Waals surface area contributed by atoms with E-state index in [4.69, 9.17) is 11.6 Å². The van der Waals surface area contributed by atoms with Crippen LogP contribution in [0, 0.1) is 0 Å². The second-order valence-corrected chi connectivity index (χ2v) is 9.65. The van der Waals surface area contributed by atoms with Gasteiger partial charge in [-0.05, 0) is 23.3 Å². The summed E-state index contributed by atoms with van der Waals surface area (Å²) in [6, 6.07) is 17.7. The lowest BCUT2D eigenvalue weighted by Gasteiger charge is -2.20. The molecular weight excluding hydrogens is 408 g/mol. The average molecular weight is 431 g/mol. The van der Waals surface area contributed by atoms with E-state index in [0.29, 0.717) is 24.7 Å². The van der Waals surface area contributed by atoms with Crippen molar-refractivity contribution in [2.24, 2.45) is 7.05 Å². The van der Waals surface area contributed by atoms with Crippen LogP contribution in [-0.2, 0) is 23.6 Å². The van der Waals surface area contributed by atoms with Gasteiger partial charge in [0.1, 0.15) is 0 Å². The maximum atomic E-state index is 13.1. The van der Waals surface area contributed by atoms with Crippen LogP contribution in [0.3, 0.4) is 0 Å². The van der Waals surface area contributed by atoms with Crippen molar-refractivity contribution in [2.45, 2.75) is 23.5 Å². The topological polar surface area (TPSA) is 67.2 Å². The zero-order valence-corrected chi connectivity index (χ0v) is 17.6. The van der Waals surface area contributed by atoms with Crippen molar-refractivity contribution in [1.82, 2.24) is 19.2 Å². The Labute approximate surface area is 176 Å². The maximum Gasteiger partial charge on any atom is 0.262 e. The lowest BCUT2D eigenvalue weighted by molar-refractivity contribution is 0.454. The molecule has 2 heterocycles. The van der Waals surface area contributed by atoms with Crippen molar-refractivity contribution in [3.05, 3.63) is 83.3 Å². The first-order valence-electron chi connectivity index (χ1n) is 9.44. The van der Waals surface area contributed by atoms with E-state index in [1.54, 1.807) is 17.8 Å². The zero-order valence-electron chi connectivity index (χ0n) is 16.1. The minimum absolute atomic E-state index is 0.00781. The molecule has 0 aliphatic carbocycles. The lowest BCUT2D eigenvalue weighted by Crippen LogP contribution is -2.36. The fourth-order valence-corrected chi connectivity index (χ4v) is 5.30. The molecule has 0 amide bonds. The SMILES string of the molecule is Cn1cnc(S(=O)(=O)N2CC(NCc3ccc(Cl)cc3)C(c3ccccc3)C2)c1. The van der Waals surface area contributed by atoms with Gasteiger partial charge in [-0.2, -0.15) is 4.31 Å². The van der Waals surface area contributed by atoms with E-state index in [2.05, 4.69) is 22.4 Å². The van der Waals surface area contributed by atoms with E-state index in [0.717, 1.165) is 11.1 Å². The number of nitrogens with zero attached hydrogens (tertiary/aromatic N) is 3. The van der Waals surface area contributed by atoms with Gasteiger partial charge in [0, 0.05) is 49.9 Å². The van der Waals surface area contributed by atoms with Crippen molar-refractivity contribution >= 4 is 21.6 Å². The van der Waals surface area contributed by atoms with E-state index in [1.807, 2.05) is 42.5 Å². The third kappa shape index (κ3) is 4.38. The Morgan fingerprint density at radius 1 is 1.10 bits per heavy atom. The van der Waals surface area contributed by atoms with Crippen LogP contribution in [-0.4, -0.2) is 41.4 Å². The molecule has 1 fully saturated rings. The highest BCUT2D eigenvalue weighted by molar-refractivity contribution is 7.89. The van der Waals surface area contributed by atoms with Gasteiger partial charge in [-0.3, -0.25) is 0 Å². The minimum Gasteiger partial charge on any atom is -0.339 e. The summed E-state index contributed by atoms with van der Waals surface area (Å²) in [5.74, 6) is 0.0574. The Bertz CT molecular complexity index is 1070. The quantitative estimate of drug-likeness (QED) is 0.652. The fraction of sp³-hybridized carbons (Fsp3) is 0.286. The Hall–Kier alpha value is -2.19. The standard InChI is InChI=1S/C21H23ClN4O2S/c1-25-14-21(24-15-25)29(27,28)26-12-19(17-5-3-2-4-6-17)20(13-26)23-11-16-7-9-18(22)10-8-16/h2-10,14-15,19-20,23H,11-13H2,1H3. The highest BCUT2D eigenvalue weighted by Crippen LogP contribution is 2.31. The van der Waals surface area contributed by atoms with Crippen molar-refractivity contribution in [2.75, 3.05) is 13.1 Å². The van der Waals surface area contributed by atoms with Crippen LogP contribution in [0.5, 0.6) is 0 Å². The van der Waals surface area contributed by atoms with Gasteiger partial charge < -0.3 is 9.88 Å². The molecule has 1 aromatic heterocycles. The average Bonchev–Trinajstić information content (AvgIpc) is 3.35. The first-order valence-corrected chi connectivity index (χ1v) is 11.3. The van der Waals surface area contributed by atoms with Gasteiger partial charge in [-0.1, -0.05) is 54.1 Å². The number of sulfonamides is 1. The van der Waals surface area contributed by atoms with E-state index >= 15 is 0 Å². The monoisotopic (exact) mass is 430 g/mol. The predicted octanol–water partition coefficient (Wildman–Crippen LogP) is 3.02. The number of benzene rings is 2. The number of imidazole rings is 1. The molecule has 4 rings (SSSR count). The summed E-state index contributed by atoms with van der Waals surface area (Å²) < 4.78 is 29.4. The van der Waals surface area contributed by atoms with Gasteiger partial charge in [0.15, 0.2) is 5.03 Å². The van der Waals surface area contributed by atoms with Crippen LogP contribution in [0.4, 0.5) is 0 Å². The molecule has 1 saturated heterocycles. The maximum absolute atomic E-state index is 13.1. The van der Waals surface area contributed by atoms with Crippen LogP contribution in [0.2, 0.25) is 5.02 Å². The summed E-state index contributed by atoms with van der Waals surface area (Å²) in [4.78, 5) is 4.06. The largest absolute Gasteiger partial charge is 0.339 e. The van der Waals surface area contributed by atoms with Crippen LogP contribution in [0.15, 0.2) is 72.1 Å². The molecule has 152 valence electrons. The molecule has 1 aliphatic heterocycles. The Kier molecular flexibility index (Phi) is 5.74. The third-order valence-electron chi connectivity index (χ3n) is 5.28.